The minimum absolute atomic E-state index is 0.0280. The summed E-state index contributed by atoms with van der Waals surface area (Å²) in [6, 6.07) is 9.78. The summed E-state index contributed by atoms with van der Waals surface area (Å²) in [5, 5.41) is 0. The average molecular weight is 211 g/mol. The molecular weight excluding hydrogens is 194 g/mol. The van der Waals surface area contributed by atoms with Crippen LogP contribution in [0.4, 0.5) is 0 Å². The van der Waals surface area contributed by atoms with Crippen molar-refractivity contribution in [3.63, 3.8) is 0 Å². The first-order valence-electron chi connectivity index (χ1n) is 4.73. The monoisotopic (exact) mass is 211 g/mol. The molecule has 2 nitrogen and oxygen atoms in total. The number of hydrogen-bond donors (Lipinski definition) is 1. The van der Waals surface area contributed by atoms with Gasteiger partial charge < -0.3 is 9.64 Å². The Balaban J connectivity index is 2.30. The van der Waals surface area contributed by atoms with Gasteiger partial charge in [-0.1, -0.05) is 18.2 Å². The number of benzene rings is 1. The maximum absolute atomic E-state index is 5.60. The fraction of sp³-hybridized carbons (Fsp3) is 0.455. The molecule has 0 fully saturated rings. The Hall–Kier alpha value is -0.670. The van der Waals surface area contributed by atoms with Gasteiger partial charge in [-0.05, 0) is 26.2 Å². The van der Waals surface area contributed by atoms with E-state index in [2.05, 4.69) is 17.5 Å². The van der Waals surface area contributed by atoms with Crippen molar-refractivity contribution >= 4 is 12.6 Å². The zero-order valence-corrected chi connectivity index (χ0v) is 9.58. The maximum atomic E-state index is 5.60. The zero-order valence-electron chi connectivity index (χ0n) is 8.68. The van der Waals surface area contributed by atoms with Crippen molar-refractivity contribution in [2.24, 2.45) is 0 Å². The summed E-state index contributed by atoms with van der Waals surface area (Å²) in [5.41, 5.74) is -0.0280. The molecule has 14 heavy (non-hydrogen) atoms. The molecular formula is C11H17NOS. The van der Waals surface area contributed by atoms with Gasteiger partial charge in [0.05, 0.1) is 0 Å². The zero-order chi connectivity index (χ0) is 10.4. The Bertz CT molecular complexity index is 251. The first-order chi connectivity index (χ1) is 6.68. The maximum Gasteiger partial charge on any atom is 0.142 e. The first kappa shape index (κ1) is 11.4. The summed E-state index contributed by atoms with van der Waals surface area (Å²) in [4.78, 5) is 2.12. The second kappa shape index (κ2) is 5.94. The number of thiol groups is 1. The van der Waals surface area contributed by atoms with Crippen molar-refractivity contribution in [1.82, 2.24) is 4.90 Å². The summed E-state index contributed by atoms with van der Waals surface area (Å²) in [6.07, 6.45) is 0.922. The van der Waals surface area contributed by atoms with Crippen molar-refractivity contribution < 1.29 is 4.74 Å². The molecule has 78 valence electrons. The first-order valence-corrected chi connectivity index (χ1v) is 5.24. The van der Waals surface area contributed by atoms with Gasteiger partial charge in [0, 0.05) is 13.0 Å². The summed E-state index contributed by atoms with van der Waals surface area (Å²) in [5.74, 6) is 0.881. The van der Waals surface area contributed by atoms with Gasteiger partial charge in [-0.3, -0.25) is 0 Å². The van der Waals surface area contributed by atoms with Crippen LogP contribution in [-0.2, 0) is 0 Å². The molecule has 0 aliphatic carbocycles. The fourth-order valence-corrected chi connectivity index (χ4v) is 1.32. The Labute approximate surface area is 91.3 Å². The van der Waals surface area contributed by atoms with Gasteiger partial charge in [-0.25, -0.2) is 0 Å². The van der Waals surface area contributed by atoms with E-state index in [1.165, 1.54) is 0 Å². The lowest BCUT2D eigenvalue weighted by atomic mass is 10.3. The van der Waals surface area contributed by atoms with Crippen LogP contribution in [0.2, 0.25) is 0 Å². The Morgan fingerprint density at radius 1 is 1.29 bits per heavy atom. The van der Waals surface area contributed by atoms with Crippen molar-refractivity contribution in [2.75, 3.05) is 20.6 Å². The van der Waals surface area contributed by atoms with E-state index >= 15 is 0 Å². The van der Waals surface area contributed by atoms with Gasteiger partial charge >= 0.3 is 0 Å². The molecule has 0 N–H and O–H groups in total. The summed E-state index contributed by atoms with van der Waals surface area (Å²) < 4.78 is 5.60. The Morgan fingerprint density at radius 3 is 2.50 bits per heavy atom. The van der Waals surface area contributed by atoms with Crippen LogP contribution in [0.5, 0.6) is 5.75 Å². The van der Waals surface area contributed by atoms with Gasteiger partial charge in [-0.2, -0.15) is 0 Å². The molecule has 1 unspecified atom stereocenters. The molecule has 0 amide bonds. The molecule has 1 aromatic rings. The molecule has 0 bridgehead atoms. The quantitative estimate of drug-likeness (QED) is 0.592. The number of para-hydroxylation sites is 1. The van der Waals surface area contributed by atoms with Gasteiger partial charge in [0.2, 0.25) is 0 Å². The highest BCUT2D eigenvalue weighted by molar-refractivity contribution is 7.80. The molecule has 1 atom stereocenters. The Morgan fingerprint density at radius 2 is 1.93 bits per heavy atom. The summed E-state index contributed by atoms with van der Waals surface area (Å²) in [6.45, 7) is 0.987. The second-order valence-corrected chi connectivity index (χ2v) is 4.05. The minimum Gasteiger partial charge on any atom is -0.480 e. The van der Waals surface area contributed by atoms with Crippen molar-refractivity contribution in [1.29, 1.82) is 0 Å². The van der Waals surface area contributed by atoms with E-state index in [9.17, 15) is 0 Å². The highest BCUT2D eigenvalue weighted by Gasteiger charge is 2.04. The van der Waals surface area contributed by atoms with E-state index in [0.717, 1.165) is 18.7 Å². The van der Waals surface area contributed by atoms with Crippen LogP contribution in [0.3, 0.4) is 0 Å². The third-order valence-corrected chi connectivity index (χ3v) is 2.20. The molecule has 0 spiro atoms. The van der Waals surface area contributed by atoms with Gasteiger partial charge in [0.15, 0.2) is 0 Å². The summed E-state index contributed by atoms with van der Waals surface area (Å²) in [7, 11) is 4.09. The van der Waals surface area contributed by atoms with E-state index in [4.69, 9.17) is 4.74 Å². The third-order valence-electron chi connectivity index (χ3n) is 1.84. The van der Waals surface area contributed by atoms with E-state index < -0.39 is 0 Å². The molecule has 3 heteroatoms. The lowest BCUT2D eigenvalue weighted by molar-refractivity contribution is 0.255. The highest BCUT2D eigenvalue weighted by atomic mass is 32.1. The van der Waals surface area contributed by atoms with Crippen LogP contribution in [0, 0.1) is 0 Å². The second-order valence-electron chi connectivity index (χ2n) is 3.48. The largest absolute Gasteiger partial charge is 0.480 e. The molecule has 1 aromatic carbocycles. The number of ether oxygens (including phenoxy) is 1. The molecule has 1 rings (SSSR count). The van der Waals surface area contributed by atoms with Crippen LogP contribution in [0.25, 0.3) is 0 Å². The van der Waals surface area contributed by atoms with Crippen LogP contribution in [0.15, 0.2) is 30.3 Å². The lowest BCUT2D eigenvalue weighted by Crippen LogP contribution is -2.19. The standard InChI is InChI=1S/C11H17NOS/c1-12(2)9-8-11(14)13-10-6-4-3-5-7-10/h3-7,11,14H,8-9H2,1-2H3. The minimum atomic E-state index is -0.0280. The van der Waals surface area contributed by atoms with Crippen LogP contribution in [0.1, 0.15) is 6.42 Å². The third kappa shape index (κ3) is 4.53. The van der Waals surface area contributed by atoms with Crippen molar-refractivity contribution in [3.05, 3.63) is 30.3 Å². The van der Waals surface area contributed by atoms with E-state index in [1.54, 1.807) is 0 Å². The molecule has 0 aliphatic rings. The van der Waals surface area contributed by atoms with Crippen molar-refractivity contribution in [3.8, 4) is 5.75 Å². The SMILES string of the molecule is CN(C)CCC(S)Oc1ccccc1. The Kier molecular flexibility index (Phi) is 4.84. The molecule has 0 heterocycles. The predicted molar refractivity (Wildman–Crippen MR) is 63.0 cm³/mol. The summed E-state index contributed by atoms with van der Waals surface area (Å²) >= 11 is 4.37. The molecule has 0 saturated heterocycles. The van der Waals surface area contributed by atoms with E-state index in [1.807, 2.05) is 44.4 Å². The van der Waals surface area contributed by atoms with Crippen molar-refractivity contribution in [2.45, 2.75) is 11.9 Å². The highest BCUT2D eigenvalue weighted by Crippen LogP contribution is 2.14. The number of nitrogens with zero attached hydrogens (tertiary/aromatic N) is 1. The van der Waals surface area contributed by atoms with E-state index in [-0.39, 0.29) is 5.44 Å². The molecule has 0 aliphatic heterocycles. The number of rotatable bonds is 5. The topological polar surface area (TPSA) is 12.5 Å². The number of hydrogen-bond acceptors (Lipinski definition) is 3. The van der Waals surface area contributed by atoms with Crippen LogP contribution < -0.4 is 4.74 Å². The predicted octanol–water partition coefficient (Wildman–Crippen LogP) is 2.27. The van der Waals surface area contributed by atoms with Gasteiger partial charge in [0.25, 0.3) is 0 Å². The van der Waals surface area contributed by atoms with Crippen LogP contribution >= 0.6 is 12.6 Å². The molecule has 0 saturated carbocycles. The van der Waals surface area contributed by atoms with Gasteiger partial charge in [0.1, 0.15) is 11.2 Å². The molecule has 0 aromatic heterocycles. The van der Waals surface area contributed by atoms with Gasteiger partial charge in [-0.15, -0.1) is 12.6 Å². The fourth-order valence-electron chi connectivity index (χ4n) is 1.08. The smallest absolute Gasteiger partial charge is 0.142 e. The van der Waals surface area contributed by atoms with E-state index in [0.29, 0.717) is 0 Å². The normalized spacial score (nSPS) is 12.9. The van der Waals surface area contributed by atoms with Crippen LogP contribution in [-0.4, -0.2) is 31.0 Å². The molecule has 0 radical (unpaired) electrons. The average Bonchev–Trinajstić information content (AvgIpc) is 2.16. The lowest BCUT2D eigenvalue weighted by Gasteiger charge is -2.16.